The number of aromatic nitrogens is 1. The highest BCUT2D eigenvalue weighted by molar-refractivity contribution is 7.11. The molecule has 0 atom stereocenters. The summed E-state index contributed by atoms with van der Waals surface area (Å²) in [5.74, 6) is 0.905. The number of likely N-dealkylation sites (tertiary alicyclic amines) is 1. The molecule has 1 fully saturated rings. The standard InChI is InChI=1S/C20H29N5S/c1-3-21-20(23-14-19-22-13-16(2)26-19)24-18-9-11-25(12-10-18)15-17-7-5-4-6-8-17/h4-8,13,18H,3,9-12,14-15H2,1-2H3,(H2,21,23,24). The van der Waals surface area contributed by atoms with Crippen LogP contribution in [0.25, 0.3) is 0 Å². The van der Waals surface area contributed by atoms with Gasteiger partial charge in [0, 0.05) is 43.3 Å². The predicted molar refractivity (Wildman–Crippen MR) is 110 cm³/mol. The maximum absolute atomic E-state index is 4.71. The summed E-state index contributed by atoms with van der Waals surface area (Å²) in [6, 6.07) is 11.2. The van der Waals surface area contributed by atoms with Crippen molar-refractivity contribution in [3.63, 3.8) is 0 Å². The van der Waals surface area contributed by atoms with E-state index in [0.29, 0.717) is 12.6 Å². The molecule has 0 spiro atoms. The highest BCUT2D eigenvalue weighted by Gasteiger charge is 2.20. The summed E-state index contributed by atoms with van der Waals surface area (Å²) in [7, 11) is 0. The van der Waals surface area contributed by atoms with E-state index in [0.717, 1.165) is 50.0 Å². The summed E-state index contributed by atoms with van der Waals surface area (Å²) < 4.78 is 0. The van der Waals surface area contributed by atoms with Crippen LogP contribution in [0.15, 0.2) is 41.5 Å². The summed E-state index contributed by atoms with van der Waals surface area (Å²) in [5, 5.41) is 8.03. The molecule has 0 radical (unpaired) electrons. The topological polar surface area (TPSA) is 52.6 Å². The number of benzene rings is 1. The average molecular weight is 372 g/mol. The molecule has 0 amide bonds. The molecule has 1 aromatic heterocycles. The number of guanidine groups is 1. The van der Waals surface area contributed by atoms with Gasteiger partial charge in [-0.25, -0.2) is 9.98 Å². The molecule has 0 bridgehead atoms. The molecule has 1 aliphatic rings. The summed E-state index contributed by atoms with van der Waals surface area (Å²) >= 11 is 1.71. The molecular formula is C20H29N5S. The van der Waals surface area contributed by atoms with Crippen LogP contribution in [0.3, 0.4) is 0 Å². The minimum atomic E-state index is 0.484. The molecule has 6 heteroatoms. The molecule has 0 aliphatic carbocycles. The minimum Gasteiger partial charge on any atom is -0.357 e. The van der Waals surface area contributed by atoms with Gasteiger partial charge in [-0.1, -0.05) is 30.3 Å². The highest BCUT2D eigenvalue weighted by atomic mass is 32.1. The molecule has 1 aromatic carbocycles. The SMILES string of the molecule is CCNC(=NCc1ncc(C)s1)NC1CCN(Cc2ccccc2)CC1. The third-order valence-corrected chi connectivity index (χ3v) is 5.46. The fourth-order valence-electron chi connectivity index (χ4n) is 3.21. The third kappa shape index (κ3) is 5.81. The third-order valence-electron chi connectivity index (χ3n) is 4.56. The Balaban J connectivity index is 1.47. The van der Waals surface area contributed by atoms with E-state index in [2.05, 4.69) is 64.7 Å². The van der Waals surface area contributed by atoms with Crippen molar-refractivity contribution in [1.82, 2.24) is 20.5 Å². The van der Waals surface area contributed by atoms with Crippen LogP contribution in [0.2, 0.25) is 0 Å². The molecule has 1 aliphatic heterocycles. The number of aryl methyl sites for hydroxylation is 1. The van der Waals surface area contributed by atoms with Gasteiger partial charge in [-0.2, -0.15) is 0 Å². The number of piperidine rings is 1. The van der Waals surface area contributed by atoms with Gasteiger partial charge in [0.2, 0.25) is 0 Å². The first kappa shape index (κ1) is 18.9. The zero-order valence-electron chi connectivity index (χ0n) is 15.7. The van der Waals surface area contributed by atoms with Crippen molar-refractivity contribution in [3.8, 4) is 0 Å². The lowest BCUT2D eigenvalue weighted by Gasteiger charge is -2.33. The van der Waals surface area contributed by atoms with Crippen LogP contribution in [0.1, 0.15) is 35.2 Å². The highest BCUT2D eigenvalue weighted by Crippen LogP contribution is 2.14. The molecule has 140 valence electrons. The summed E-state index contributed by atoms with van der Waals surface area (Å²) in [6.07, 6.45) is 4.21. The van der Waals surface area contributed by atoms with E-state index in [1.54, 1.807) is 11.3 Å². The van der Waals surface area contributed by atoms with E-state index < -0.39 is 0 Å². The molecule has 2 aromatic rings. The number of thiazole rings is 1. The Hall–Kier alpha value is -1.92. The van der Waals surface area contributed by atoms with Gasteiger partial charge in [0.1, 0.15) is 5.01 Å². The number of nitrogens with zero attached hydrogens (tertiary/aromatic N) is 3. The number of hydrogen-bond donors (Lipinski definition) is 2. The Morgan fingerprint density at radius 1 is 1.27 bits per heavy atom. The van der Waals surface area contributed by atoms with E-state index in [4.69, 9.17) is 4.99 Å². The molecule has 3 rings (SSSR count). The number of nitrogens with one attached hydrogen (secondary N) is 2. The normalized spacial score (nSPS) is 16.6. The van der Waals surface area contributed by atoms with Crippen molar-refractivity contribution in [3.05, 3.63) is 52.0 Å². The Morgan fingerprint density at radius 3 is 2.69 bits per heavy atom. The van der Waals surface area contributed by atoms with Crippen LogP contribution < -0.4 is 10.6 Å². The second-order valence-electron chi connectivity index (χ2n) is 6.74. The van der Waals surface area contributed by atoms with E-state index in [-0.39, 0.29) is 0 Å². The summed E-state index contributed by atoms with van der Waals surface area (Å²) in [5.41, 5.74) is 1.40. The summed E-state index contributed by atoms with van der Waals surface area (Å²) in [6.45, 7) is 8.99. The van der Waals surface area contributed by atoms with Crippen LogP contribution in [0, 0.1) is 6.92 Å². The fourth-order valence-corrected chi connectivity index (χ4v) is 3.92. The molecule has 0 unspecified atom stereocenters. The van der Waals surface area contributed by atoms with Gasteiger partial charge >= 0.3 is 0 Å². The van der Waals surface area contributed by atoms with E-state index in [1.165, 1.54) is 10.4 Å². The quantitative estimate of drug-likeness (QED) is 0.605. The minimum absolute atomic E-state index is 0.484. The van der Waals surface area contributed by atoms with E-state index >= 15 is 0 Å². The van der Waals surface area contributed by atoms with Crippen molar-refractivity contribution >= 4 is 17.3 Å². The Morgan fingerprint density at radius 2 is 2.04 bits per heavy atom. The molecular weight excluding hydrogens is 342 g/mol. The fraction of sp³-hybridized carbons (Fsp3) is 0.500. The molecule has 1 saturated heterocycles. The first-order chi connectivity index (χ1) is 12.7. The maximum Gasteiger partial charge on any atom is 0.191 e. The van der Waals surface area contributed by atoms with Gasteiger partial charge in [0.15, 0.2) is 5.96 Å². The number of aliphatic imine (C=N–C) groups is 1. The molecule has 2 N–H and O–H groups in total. The van der Waals surface area contributed by atoms with Crippen LogP contribution in [0.4, 0.5) is 0 Å². The van der Waals surface area contributed by atoms with Crippen LogP contribution in [-0.2, 0) is 13.1 Å². The van der Waals surface area contributed by atoms with E-state index in [1.807, 2.05) is 6.20 Å². The van der Waals surface area contributed by atoms with Crippen molar-refractivity contribution in [2.45, 2.75) is 45.8 Å². The first-order valence-corrected chi connectivity index (χ1v) is 10.3. The summed E-state index contributed by atoms with van der Waals surface area (Å²) in [4.78, 5) is 12.9. The van der Waals surface area contributed by atoms with Gasteiger partial charge in [0.25, 0.3) is 0 Å². The number of hydrogen-bond acceptors (Lipinski definition) is 4. The molecule has 2 heterocycles. The van der Waals surface area contributed by atoms with Gasteiger partial charge in [-0.15, -0.1) is 11.3 Å². The van der Waals surface area contributed by atoms with Crippen molar-refractivity contribution in [2.24, 2.45) is 4.99 Å². The van der Waals surface area contributed by atoms with Gasteiger partial charge in [-0.3, -0.25) is 4.90 Å². The smallest absolute Gasteiger partial charge is 0.191 e. The van der Waals surface area contributed by atoms with Gasteiger partial charge in [-0.05, 0) is 32.3 Å². The monoisotopic (exact) mass is 371 g/mol. The zero-order valence-corrected chi connectivity index (χ0v) is 16.6. The second kappa shape index (κ2) is 9.69. The molecule has 5 nitrogen and oxygen atoms in total. The average Bonchev–Trinajstić information content (AvgIpc) is 3.08. The lowest BCUT2D eigenvalue weighted by atomic mass is 10.0. The lowest BCUT2D eigenvalue weighted by molar-refractivity contribution is 0.198. The van der Waals surface area contributed by atoms with Crippen molar-refractivity contribution < 1.29 is 0 Å². The Bertz CT molecular complexity index is 689. The lowest BCUT2D eigenvalue weighted by Crippen LogP contribution is -2.48. The van der Waals surface area contributed by atoms with Crippen molar-refractivity contribution in [2.75, 3.05) is 19.6 Å². The maximum atomic E-state index is 4.71. The van der Waals surface area contributed by atoms with Crippen LogP contribution in [-0.4, -0.2) is 41.5 Å². The molecule has 0 saturated carbocycles. The zero-order chi connectivity index (χ0) is 18.2. The first-order valence-electron chi connectivity index (χ1n) is 9.45. The van der Waals surface area contributed by atoms with Crippen LogP contribution in [0.5, 0.6) is 0 Å². The van der Waals surface area contributed by atoms with Gasteiger partial charge in [0.05, 0.1) is 6.54 Å². The van der Waals surface area contributed by atoms with Crippen LogP contribution >= 0.6 is 11.3 Å². The largest absolute Gasteiger partial charge is 0.357 e. The van der Waals surface area contributed by atoms with Crippen molar-refractivity contribution in [1.29, 1.82) is 0 Å². The number of rotatable bonds is 6. The Kier molecular flexibility index (Phi) is 7.03. The van der Waals surface area contributed by atoms with E-state index in [9.17, 15) is 0 Å². The second-order valence-corrected chi connectivity index (χ2v) is 8.06. The molecule has 26 heavy (non-hydrogen) atoms. The van der Waals surface area contributed by atoms with Gasteiger partial charge < -0.3 is 10.6 Å². The predicted octanol–water partition coefficient (Wildman–Crippen LogP) is 3.17. The Labute approximate surface area is 160 Å².